The number of rotatable bonds is 6. The molecule has 1 fully saturated rings. The maximum absolute atomic E-state index is 13.3. The Hall–Kier alpha value is -2.82. The van der Waals surface area contributed by atoms with E-state index in [9.17, 15) is 9.59 Å². The van der Waals surface area contributed by atoms with Gasteiger partial charge in [-0.15, -0.1) is 0 Å². The summed E-state index contributed by atoms with van der Waals surface area (Å²) in [7, 11) is 0. The second-order valence-corrected chi connectivity index (χ2v) is 8.14. The third-order valence-corrected chi connectivity index (χ3v) is 5.68. The van der Waals surface area contributed by atoms with Crippen LogP contribution in [0.1, 0.15) is 33.6 Å². The molecule has 3 aromatic carbocycles. The van der Waals surface area contributed by atoms with E-state index < -0.39 is 0 Å². The number of benzene rings is 3. The fourth-order valence-electron chi connectivity index (χ4n) is 3.24. The lowest BCUT2D eigenvalue weighted by Crippen LogP contribution is -2.33. The Labute approximate surface area is 185 Å². The first-order chi connectivity index (χ1) is 14.5. The highest BCUT2D eigenvalue weighted by Gasteiger charge is 2.29. The third-order valence-electron chi connectivity index (χ3n) is 5.02. The van der Waals surface area contributed by atoms with E-state index in [2.05, 4.69) is 5.32 Å². The predicted octanol–water partition coefficient (Wildman–Crippen LogP) is 6.30. The molecule has 0 bridgehead atoms. The maximum Gasteiger partial charge on any atom is 0.259 e. The number of hydrogen-bond donors (Lipinski definition) is 1. The van der Waals surface area contributed by atoms with Crippen LogP contribution in [0.4, 0.5) is 11.4 Å². The van der Waals surface area contributed by atoms with E-state index in [1.54, 1.807) is 65.6 Å². The quantitative estimate of drug-likeness (QED) is 0.490. The van der Waals surface area contributed by atoms with Gasteiger partial charge in [0.25, 0.3) is 11.8 Å². The molecule has 1 N–H and O–H groups in total. The van der Waals surface area contributed by atoms with Crippen LogP contribution in [0.2, 0.25) is 10.0 Å². The lowest BCUT2D eigenvalue weighted by atomic mass is 10.1. The molecule has 0 atom stereocenters. The van der Waals surface area contributed by atoms with Gasteiger partial charge in [-0.3, -0.25) is 9.59 Å². The lowest BCUT2D eigenvalue weighted by molar-refractivity contribution is 0.0984. The standard InChI is InChI=1S/C24H20Cl2N2O2/c25-21-10-3-1-8-19(21)23(29)27-17-6-5-7-18(14-17)28(15-16-12-13-16)24(30)20-9-2-4-11-22(20)26/h1-11,14,16H,12-13,15H2,(H,27,29). The molecule has 30 heavy (non-hydrogen) atoms. The Morgan fingerprint density at radius 2 is 1.50 bits per heavy atom. The minimum absolute atomic E-state index is 0.151. The monoisotopic (exact) mass is 438 g/mol. The molecule has 0 aliphatic heterocycles. The van der Waals surface area contributed by atoms with Crippen LogP contribution < -0.4 is 10.2 Å². The molecule has 152 valence electrons. The van der Waals surface area contributed by atoms with Crippen molar-refractivity contribution in [2.24, 2.45) is 5.92 Å². The number of amides is 2. The second kappa shape index (κ2) is 8.90. The smallest absolute Gasteiger partial charge is 0.259 e. The first-order valence-electron chi connectivity index (χ1n) is 9.75. The zero-order chi connectivity index (χ0) is 21.1. The molecule has 0 saturated heterocycles. The van der Waals surface area contributed by atoms with Crippen molar-refractivity contribution >= 4 is 46.4 Å². The molecule has 0 unspecified atom stereocenters. The zero-order valence-corrected chi connectivity index (χ0v) is 17.7. The van der Waals surface area contributed by atoms with Gasteiger partial charge in [-0.1, -0.05) is 53.5 Å². The minimum atomic E-state index is -0.302. The number of halogens is 2. The van der Waals surface area contributed by atoms with Crippen molar-refractivity contribution in [3.05, 3.63) is 94.0 Å². The van der Waals surface area contributed by atoms with Gasteiger partial charge in [-0.2, -0.15) is 0 Å². The topological polar surface area (TPSA) is 49.4 Å². The Morgan fingerprint density at radius 1 is 0.867 bits per heavy atom. The molecule has 4 nitrogen and oxygen atoms in total. The van der Waals surface area contributed by atoms with Crippen molar-refractivity contribution in [2.45, 2.75) is 12.8 Å². The van der Waals surface area contributed by atoms with Crippen LogP contribution in [0.3, 0.4) is 0 Å². The highest BCUT2D eigenvalue weighted by Crippen LogP contribution is 2.33. The fourth-order valence-corrected chi connectivity index (χ4v) is 3.68. The van der Waals surface area contributed by atoms with Crippen molar-refractivity contribution in [1.82, 2.24) is 0 Å². The largest absolute Gasteiger partial charge is 0.322 e. The van der Waals surface area contributed by atoms with Gasteiger partial charge in [0.05, 0.1) is 21.2 Å². The lowest BCUT2D eigenvalue weighted by Gasteiger charge is -2.24. The van der Waals surface area contributed by atoms with Crippen molar-refractivity contribution in [1.29, 1.82) is 0 Å². The van der Waals surface area contributed by atoms with Crippen LogP contribution in [0.15, 0.2) is 72.8 Å². The highest BCUT2D eigenvalue weighted by molar-refractivity contribution is 6.35. The first-order valence-corrected chi connectivity index (χ1v) is 10.5. The molecule has 1 aliphatic carbocycles. The number of carbonyl (C=O) groups excluding carboxylic acids is 2. The van der Waals surface area contributed by atoms with E-state index >= 15 is 0 Å². The summed E-state index contributed by atoms with van der Waals surface area (Å²) in [6.07, 6.45) is 2.21. The zero-order valence-electron chi connectivity index (χ0n) is 16.1. The van der Waals surface area contributed by atoms with Gasteiger partial charge in [0.2, 0.25) is 0 Å². The average molecular weight is 439 g/mol. The van der Waals surface area contributed by atoms with E-state index in [0.717, 1.165) is 12.8 Å². The highest BCUT2D eigenvalue weighted by atomic mass is 35.5. The SMILES string of the molecule is O=C(Nc1cccc(N(CC2CC2)C(=O)c2ccccc2Cl)c1)c1ccccc1Cl. The summed E-state index contributed by atoms with van der Waals surface area (Å²) in [6, 6.07) is 21.2. The van der Waals surface area contributed by atoms with Gasteiger partial charge in [-0.25, -0.2) is 0 Å². The van der Waals surface area contributed by atoms with Gasteiger partial charge in [0.1, 0.15) is 0 Å². The number of nitrogens with zero attached hydrogens (tertiary/aromatic N) is 1. The number of anilines is 2. The molecule has 2 amide bonds. The first kappa shape index (κ1) is 20.5. The molecular formula is C24H20Cl2N2O2. The Kier molecular flexibility index (Phi) is 6.07. The summed E-state index contributed by atoms with van der Waals surface area (Å²) >= 11 is 12.4. The number of carbonyl (C=O) groups is 2. The normalized spacial score (nSPS) is 13.0. The fraction of sp³-hybridized carbons (Fsp3) is 0.167. The van der Waals surface area contributed by atoms with E-state index in [1.807, 2.05) is 12.1 Å². The number of nitrogens with one attached hydrogen (secondary N) is 1. The van der Waals surface area contributed by atoms with E-state index in [4.69, 9.17) is 23.2 Å². The third kappa shape index (κ3) is 4.66. The van der Waals surface area contributed by atoms with Crippen molar-refractivity contribution in [2.75, 3.05) is 16.8 Å². The Balaban J connectivity index is 1.61. The van der Waals surface area contributed by atoms with E-state index in [0.29, 0.717) is 45.0 Å². The molecule has 0 heterocycles. The van der Waals surface area contributed by atoms with E-state index in [1.165, 1.54) is 0 Å². The van der Waals surface area contributed by atoms with Crippen LogP contribution in [0.25, 0.3) is 0 Å². The van der Waals surface area contributed by atoms with Crippen molar-refractivity contribution < 1.29 is 9.59 Å². The molecule has 3 aromatic rings. The summed E-state index contributed by atoms with van der Waals surface area (Å²) in [5.74, 6) is 0.0313. The van der Waals surface area contributed by atoms with Crippen LogP contribution >= 0.6 is 23.2 Å². The van der Waals surface area contributed by atoms with Crippen LogP contribution in [0, 0.1) is 5.92 Å². The Morgan fingerprint density at radius 3 is 2.13 bits per heavy atom. The van der Waals surface area contributed by atoms with Gasteiger partial charge >= 0.3 is 0 Å². The average Bonchev–Trinajstić information content (AvgIpc) is 3.57. The van der Waals surface area contributed by atoms with Gasteiger partial charge < -0.3 is 10.2 Å². The summed E-state index contributed by atoms with van der Waals surface area (Å²) in [4.78, 5) is 27.6. The van der Waals surface area contributed by atoms with Crippen LogP contribution in [-0.2, 0) is 0 Å². The molecule has 1 aliphatic rings. The van der Waals surface area contributed by atoms with E-state index in [-0.39, 0.29) is 11.8 Å². The summed E-state index contributed by atoms with van der Waals surface area (Å²) in [5.41, 5.74) is 2.16. The summed E-state index contributed by atoms with van der Waals surface area (Å²) in [6.45, 7) is 0.617. The molecule has 0 spiro atoms. The van der Waals surface area contributed by atoms with Crippen LogP contribution in [0.5, 0.6) is 0 Å². The van der Waals surface area contributed by atoms with Crippen molar-refractivity contribution in [3.63, 3.8) is 0 Å². The maximum atomic E-state index is 13.3. The van der Waals surface area contributed by atoms with Crippen LogP contribution in [-0.4, -0.2) is 18.4 Å². The van der Waals surface area contributed by atoms with Gasteiger partial charge in [0.15, 0.2) is 0 Å². The van der Waals surface area contributed by atoms with Crippen molar-refractivity contribution in [3.8, 4) is 0 Å². The molecule has 0 radical (unpaired) electrons. The molecule has 0 aromatic heterocycles. The molecule has 6 heteroatoms. The predicted molar refractivity (Wildman–Crippen MR) is 122 cm³/mol. The molecule has 4 rings (SSSR count). The summed E-state index contributed by atoms with van der Waals surface area (Å²) < 4.78 is 0. The van der Waals surface area contributed by atoms with Gasteiger partial charge in [-0.05, 0) is 61.2 Å². The summed E-state index contributed by atoms with van der Waals surface area (Å²) in [5, 5.41) is 3.67. The molecule has 1 saturated carbocycles. The second-order valence-electron chi connectivity index (χ2n) is 7.32. The number of hydrogen-bond acceptors (Lipinski definition) is 2. The Bertz CT molecular complexity index is 1100. The van der Waals surface area contributed by atoms with Gasteiger partial charge in [0, 0.05) is 17.9 Å². The molecular weight excluding hydrogens is 419 g/mol. The minimum Gasteiger partial charge on any atom is -0.322 e.